The first-order chi connectivity index (χ1) is 9.49. The zero-order valence-electron chi connectivity index (χ0n) is 10.6. The van der Waals surface area contributed by atoms with Gasteiger partial charge in [0.25, 0.3) is 5.69 Å². The van der Waals surface area contributed by atoms with Crippen LogP contribution in [0, 0.1) is 10.1 Å². The molecule has 1 heterocycles. The van der Waals surface area contributed by atoms with E-state index in [4.69, 9.17) is 5.11 Å². The smallest absolute Gasteiger partial charge is 0.317 e. The molecule has 0 aliphatic carbocycles. The predicted octanol–water partition coefficient (Wildman–Crippen LogP) is 0.328. The number of para-hydroxylation sites is 2. The molecular weight excluding hydrogens is 266 g/mol. The fourth-order valence-corrected chi connectivity index (χ4v) is 2.15. The number of carbonyl (C=O) groups excluding carboxylic acids is 1. The number of carboxylic acid groups (broad SMARTS) is 1. The fourth-order valence-electron chi connectivity index (χ4n) is 2.15. The van der Waals surface area contributed by atoms with Gasteiger partial charge in [-0.05, 0) is 6.07 Å². The van der Waals surface area contributed by atoms with Crippen LogP contribution in [0.1, 0.15) is 0 Å². The molecule has 0 atom stereocenters. The molecule has 0 radical (unpaired) electrons. The number of carbonyl (C=O) groups is 2. The number of rotatable bonds is 4. The van der Waals surface area contributed by atoms with Crippen LogP contribution in [-0.4, -0.2) is 53.0 Å². The summed E-state index contributed by atoms with van der Waals surface area (Å²) < 4.78 is 0. The summed E-state index contributed by atoms with van der Waals surface area (Å²) in [4.78, 5) is 35.9. The Morgan fingerprint density at radius 1 is 1.35 bits per heavy atom. The average Bonchev–Trinajstić information content (AvgIpc) is 2.38. The van der Waals surface area contributed by atoms with E-state index in [1.54, 1.807) is 6.07 Å². The SMILES string of the molecule is O=C(O)CN1CCN(c2ccccc2[N+](=O)[O-])C(=O)C1. The number of piperazine rings is 1. The molecule has 2 rings (SSSR count). The highest BCUT2D eigenvalue weighted by Crippen LogP contribution is 2.28. The van der Waals surface area contributed by atoms with Crippen molar-refractivity contribution in [2.75, 3.05) is 31.1 Å². The van der Waals surface area contributed by atoms with E-state index in [9.17, 15) is 19.7 Å². The quantitative estimate of drug-likeness (QED) is 0.629. The second kappa shape index (κ2) is 5.66. The molecule has 0 unspecified atom stereocenters. The fraction of sp³-hybridized carbons (Fsp3) is 0.333. The Balaban J connectivity index is 2.18. The van der Waals surface area contributed by atoms with E-state index in [0.29, 0.717) is 6.54 Å². The van der Waals surface area contributed by atoms with E-state index in [0.717, 1.165) is 0 Å². The van der Waals surface area contributed by atoms with E-state index < -0.39 is 10.9 Å². The Bertz CT molecular complexity index is 560. The molecule has 1 aromatic rings. The van der Waals surface area contributed by atoms with Gasteiger partial charge in [-0.25, -0.2) is 0 Å². The summed E-state index contributed by atoms with van der Waals surface area (Å²) in [6.07, 6.45) is 0. The molecule has 1 aliphatic rings. The van der Waals surface area contributed by atoms with E-state index in [2.05, 4.69) is 0 Å². The second-order valence-electron chi connectivity index (χ2n) is 4.40. The number of amides is 1. The van der Waals surface area contributed by atoms with Crippen LogP contribution in [0.15, 0.2) is 24.3 Å². The number of nitro benzene ring substituents is 1. The van der Waals surface area contributed by atoms with Crippen molar-refractivity contribution in [2.45, 2.75) is 0 Å². The summed E-state index contributed by atoms with van der Waals surface area (Å²) in [5.41, 5.74) is 0.116. The Morgan fingerprint density at radius 2 is 2.05 bits per heavy atom. The van der Waals surface area contributed by atoms with Gasteiger partial charge in [-0.1, -0.05) is 12.1 Å². The van der Waals surface area contributed by atoms with Gasteiger partial charge in [0.05, 0.1) is 18.0 Å². The van der Waals surface area contributed by atoms with Gasteiger partial charge in [0.1, 0.15) is 5.69 Å². The highest BCUT2D eigenvalue weighted by atomic mass is 16.6. The number of aliphatic carboxylic acids is 1. The summed E-state index contributed by atoms with van der Waals surface area (Å²) in [6.45, 7) is 0.329. The number of hydrogen-bond donors (Lipinski definition) is 1. The van der Waals surface area contributed by atoms with Crippen LogP contribution < -0.4 is 4.90 Å². The van der Waals surface area contributed by atoms with Gasteiger partial charge in [-0.2, -0.15) is 0 Å². The van der Waals surface area contributed by atoms with E-state index in [-0.39, 0.29) is 36.9 Å². The molecule has 0 saturated carbocycles. The normalized spacial score (nSPS) is 16.2. The van der Waals surface area contributed by atoms with Crippen LogP contribution >= 0.6 is 0 Å². The summed E-state index contributed by atoms with van der Waals surface area (Å²) in [6, 6.07) is 6.02. The van der Waals surface area contributed by atoms with Gasteiger partial charge >= 0.3 is 5.97 Å². The molecule has 106 valence electrons. The maximum absolute atomic E-state index is 12.0. The van der Waals surface area contributed by atoms with Gasteiger partial charge in [0, 0.05) is 19.2 Å². The van der Waals surface area contributed by atoms with Crippen molar-refractivity contribution in [3.63, 3.8) is 0 Å². The number of anilines is 1. The Hall–Kier alpha value is -2.48. The van der Waals surface area contributed by atoms with E-state index in [1.165, 1.54) is 28.0 Å². The minimum Gasteiger partial charge on any atom is -0.480 e. The number of nitro groups is 1. The molecule has 1 N–H and O–H groups in total. The number of nitrogens with zero attached hydrogens (tertiary/aromatic N) is 3. The number of hydrogen-bond acceptors (Lipinski definition) is 5. The lowest BCUT2D eigenvalue weighted by Gasteiger charge is -2.33. The molecule has 8 nitrogen and oxygen atoms in total. The Morgan fingerprint density at radius 3 is 2.65 bits per heavy atom. The van der Waals surface area contributed by atoms with Crippen LogP contribution in [0.2, 0.25) is 0 Å². The third-order valence-corrected chi connectivity index (χ3v) is 3.03. The topological polar surface area (TPSA) is 104 Å². The third kappa shape index (κ3) is 2.91. The zero-order valence-corrected chi connectivity index (χ0v) is 10.6. The number of carboxylic acids is 1. The molecule has 1 amide bonds. The van der Waals surface area contributed by atoms with Crippen LogP contribution in [0.4, 0.5) is 11.4 Å². The maximum Gasteiger partial charge on any atom is 0.317 e. The number of benzene rings is 1. The summed E-state index contributed by atoms with van der Waals surface area (Å²) >= 11 is 0. The van der Waals surface area contributed by atoms with Crippen molar-refractivity contribution in [3.8, 4) is 0 Å². The summed E-state index contributed by atoms with van der Waals surface area (Å²) in [5, 5.41) is 19.7. The van der Waals surface area contributed by atoms with Crippen LogP contribution in [0.3, 0.4) is 0 Å². The molecule has 1 aromatic carbocycles. The first-order valence-electron chi connectivity index (χ1n) is 5.97. The Labute approximate surface area is 114 Å². The lowest BCUT2D eigenvalue weighted by atomic mass is 10.2. The van der Waals surface area contributed by atoms with Crippen molar-refractivity contribution in [2.24, 2.45) is 0 Å². The monoisotopic (exact) mass is 279 g/mol. The molecule has 8 heteroatoms. The highest BCUT2D eigenvalue weighted by Gasteiger charge is 2.29. The third-order valence-electron chi connectivity index (χ3n) is 3.03. The first-order valence-corrected chi connectivity index (χ1v) is 5.97. The molecule has 0 bridgehead atoms. The lowest BCUT2D eigenvalue weighted by molar-refractivity contribution is -0.384. The largest absolute Gasteiger partial charge is 0.480 e. The molecule has 0 spiro atoms. The van der Waals surface area contributed by atoms with Gasteiger partial charge in [0.15, 0.2) is 0 Å². The molecule has 20 heavy (non-hydrogen) atoms. The standard InChI is InChI=1S/C12H13N3O5/c16-11-7-13(8-12(17)18)5-6-14(11)9-3-1-2-4-10(9)15(19)20/h1-4H,5-8H2,(H,17,18). The molecule has 1 saturated heterocycles. The van der Waals surface area contributed by atoms with Crippen LogP contribution in [0.5, 0.6) is 0 Å². The van der Waals surface area contributed by atoms with Gasteiger partial charge < -0.3 is 10.0 Å². The van der Waals surface area contributed by atoms with E-state index >= 15 is 0 Å². The Kier molecular flexibility index (Phi) is 3.94. The predicted molar refractivity (Wildman–Crippen MR) is 69.5 cm³/mol. The van der Waals surface area contributed by atoms with Crippen molar-refractivity contribution in [1.29, 1.82) is 0 Å². The van der Waals surface area contributed by atoms with Gasteiger partial charge in [-0.3, -0.25) is 24.6 Å². The van der Waals surface area contributed by atoms with Crippen molar-refractivity contribution in [1.82, 2.24) is 4.90 Å². The minimum atomic E-state index is -1.00. The minimum absolute atomic E-state index is 0.0572. The lowest BCUT2D eigenvalue weighted by Crippen LogP contribution is -2.51. The summed E-state index contributed by atoms with van der Waals surface area (Å²) in [5.74, 6) is -1.34. The average molecular weight is 279 g/mol. The van der Waals surface area contributed by atoms with Crippen molar-refractivity contribution in [3.05, 3.63) is 34.4 Å². The highest BCUT2D eigenvalue weighted by molar-refractivity contribution is 5.97. The molecular formula is C12H13N3O5. The summed E-state index contributed by atoms with van der Waals surface area (Å²) in [7, 11) is 0. The maximum atomic E-state index is 12.0. The van der Waals surface area contributed by atoms with Crippen molar-refractivity contribution < 1.29 is 19.6 Å². The van der Waals surface area contributed by atoms with Crippen LogP contribution in [-0.2, 0) is 9.59 Å². The van der Waals surface area contributed by atoms with Gasteiger partial charge in [-0.15, -0.1) is 0 Å². The van der Waals surface area contributed by atoms with Crippen molar-refractivity contribution >= 4 is 23.3 Å². The second-order valence-corrected chi connectivity index (χ2v) is 4.40. The van der Waals surface area contributed by atoms with Gasteiger partial charge in [0.2, 0.25) is 5.91 Å². The molecule has 1 aliphatic heterocycles. The van der Waals surface area contributed by atoms with Crippen LogP contribution in [0.25, 0.3) is 0 Å². The van der Waals surface area contributed by atoms with E-state index in [1.807, 2.05) is 0 Å². The first kappa shape index (κ1) is 13.9. The molecule has 1 fully saturated rings. The zero-order chi connectivity index (χ0) is 14.7. The molecule has 0 aromatic heterocycles.